The molecule has 0 fully saturated rings. The van der Waals surface area contributed by atoms with Gasteiger partial charge in [0.15, 0.2) is 0 Å². The van der Waals surface area contributed by atoms with Crippen molar-refractivity contribution in [3.8, 4) is 0 Å². The van der Waals surface area contributed by atoms with Gasteiger partial charge in [-0.15, -0.1) is 11.6 Å². The minimum atomic E-state index is -0.549. The molecule has 0 saturated carbocycles. The van der Waals surface area contributed by atoms with E-state index in [-0.39, 0.29) is 5.91 Å². The van der Waals surface area contributed by atoms with Crippen LogP contribution in [0.15, 0.2) is 0 Å². The van der Waals surface area contributed by atoms with Crippen molar-refractivity contribution < 1.29 is 9.63 Å². The summed E-state index contributed by atoms with van der Waals surface area (Å²) in [6, 6.07) is 0. The lowest BCUT2D eigenvalue weighted by Gasteiger charge is -2.25. The Bertz CT molecular complexity index is 147. The van der Waals surface area contributed by atoms with Crippen molar-refractivity contribution in [1.29, 1.82) is 0 Å². The van der Waals surface area contributed by atoms with Crippen molar-refractivity contribution >= 4 is 17.5 Å². The maximum Gasteiger partial charge on any atom is 0.252 e. The average Bonchev–Trinajstić information content (AvgIpc) is 2.01. The van der Waals surface area contributed by atoms with Crippen LogP contribution in [0.2, 0.25) is 0 Å². The molecule has 0 atom stereocenters. The molecule has 0 aliphatic heterocycles. The molecule has 0 aromatic heterocycles. The molecule has 0 rings (SSSR count). The van der Waals surface area contributed by atoms with Crippen LogP contribution in [0, 0.1) is 5.41 Å². The molecule has 0 bridgehead atoms. The summed E-state index contributed by atoms with van der Waals surface area (Å²) >= 11 is 5.59. The molecular weight excluding hydrogens is 166 g/mol. The van der Waals surface area contributed by atoms with Gasteiger partial charge in [-0.25, -0.2) is 5.06 Å². The smallest absolute Gasteiger partial charge is 0.252 e. The van der Waals surface area contributed by atoms with E-state index in [2.05, 4.69) is 0 Å². The lowest BCUT2D eigenvalue weighted by Crippen LogP contribution is -2.38. The Morgan fingerprint density at radius 3 is 2.36 bits per heavy atom. The molecule has 0 spiro atoms. The molecule has 0 aliphatic rings. The SMILES string of the molecule is CON(C)C(=O)C(C)(C)CCl. The van der Waals surface area contributed by atoms with E-state index in [1.165, 1.54) is 12.2 Å². The van der Waals surface area contributed by atoms with Crippen molar-refractivity contribution in [1.82, 2.24) is 5.06 Å². The molecule has 0 N–H and O–H groups in total. The van der Waals surface area contributed by atoms with Crippen LogP contribution in [-0.2, 0) is 9.63 Å². The van der Waals surface area contributed by atoms with Crippen molar-refractivity contribution in [2.24, 2.45) is 5.41 Å². The second kappa shape index (κ2) is 3.93. The normalized spacial score (nSPS) is 11.4. The molecule has 0 heterocycles. The minimum Gasteiger partial charge on any atom is -0.275 e. The van der Waals surface area contributed by atoms with Gasteiger partial charge in [0.05, 0.1) is 12.5 Å². The monoisotopic (exact) mass is 179 g/mol. The molecular formula is C7H14ClNO2. The molecule has 0 saturated heterocycles. The molecule has 66 valence electrons. The van der Waals surface area contributed by atoms with Crippen molar-refractivity contribution in [2.75, 3.05) is 20.0 Å². The Morgan fingerprint density at radius 2 is 2.09 bits per heavy atom. The molecule has 1 amide bonds. The Balaban J connectivity index is 4.23. The maximum absolute atomic E-state index is 11.3. The largest absolute Gasteiger partial charge is 0.275 e. The zero-order valence-corrected chi connectivity index (χ0v) is 8.10. The highest BCUT2D eigenvalue weighted by Gasteiger charge is 2.29. The number of hydroxylamine groups is 2. The van der Waals surface area contributed by atoms with Crippen molar-refractivity contribution in [2.45, 2.75) is 13.8 Å². The first-order valence-corrected chi connectivity index (χ1v) is 3.87. The van der Waals surface area contributed by atoms with Crippen LogP contribution in [-0.4, -0.2) is 31.0 Å². The van der Waals surface area contributed by atoms with Crippen LogP contribution < -0.4 is 0 Å². The second-order valence-corrected chi connectivity index (χ2v) is 3.27. The number of carbonyl (C=O) groups is 1. The number of rotatable bonds is 3. The van der Waals surface area contributed by atoms with Crippen LogP contribution in [0.25, 0.3) is 0 Å². The van der Waals surface area contributed by atoms with E-state index in [1.54, 1.807) is 20.9 Å². The van der Waals surface area contributed by atoms with Gasteiger partial charge in [-0.3, -0.25) is 9.63 Å². The van der Waals surface area contributed by atoms with E-state index in [4.69, 9.17) is 16.4 Å². The highest BCUT2D eigenvalue weighted by Crippen LogP contribution is 2.19. The molecule has 0 aromatic rings. The Hall–Kier alpha value is -0.280. The number of hydrogen-bond donors (Lipinski definition) is 0. The summed E-state index contributed by atoms with van der Waals surface area (Å²) < 4.78 is 0. The number of nitrogens with zero attached hydrogens (tertiary/aromatic N) is 1. The van der Waals surface area contributed by atoms with Crippen molar-refractivity contribution in [3.63, 3.8) is 0 Å². The molecule has 4 heteroatoms. The molecule has 0 aromatic carbocycles. The summed E-state index contributed by atoms with van der Waals surface area (Å²) in [5, 5.41) is 1.18. The highest BCUT2D eigenvalue weighted by molar-refractivity contribution is 6.19. The van der Waals surface area contributed by atoms with Gasteiger partial charge in [-0.05, 0) is 13.8 Å². The van der Waals surface area contributed by atoms with Crippen LogP contribution in [0.4, 0.5) is 0 Å². The number of carbonyl (C=O) groups excluding carboxylic acids is 1. The fraction of sp³-hybridized carbons (Fsp3) is 0.857. The van der Waals surface area contributed by atoms with Gasteiger partial charge < -0.3 is 0 Å². The first-order chi connectivity index (χ1) is 4.95. The summed E-state index contributed by atoms with van der Waals surface area (Å²) in [6.45, 7) is 3.55. The van der Waals surface area contributed by atoms with Crippen molar-refractivity contribution in [3.05, 3.63) is 0 Å². The van der Waals surface area contributed by atoms with Gasteiger partial charge in [0.25, 0.3) is 5.91 Å². The van der Waals surface area contributed by atoms with Crippen LogP contribution >= 0.6 is 11.6 Å². The zero-order chi connectivity index (χ0) is 9.07. The van der Waals surface area contributed by atoms with Crippen LogP contribution in [0.1, 0.15) is 13.8 Å². The topological polar surface area (TPSA) is 29.5 Å². The van der Waals surface area contributed by atoms with E-state index in [1.807, 2.05) is 0 Å². The summed E-state index contributed by atoms with van der Waals surface area (Å²) in [5.41, 5.74) is -0.549. The lowest BCUT2D eigenvalue weighted by atomic mass is 9.95. The number of amides is 1. The quantitative estimate of drug-likeness (QED) is 0.483. The molecule has 0 unspecified atom stereocenters. The van der Waals surface area contributed by atoms with Gasteiger partial charge in [-0.2, -0.15) is 0 Å². The summed E-state index contributed by atoms with van der Waals surface area (Å²) in [5.74, 6) is 0.175. The maximum atomic E-state index is 11.3. The Kier molecular flexibility index (Phi) is 3.83. The fourth-order valence-corrected chi connectivity index (χ4v) is 0.681. The molecule has 0 radical (unpaired) electrons. The minimum absolute atomic E-state index is 0.116. The number of alkyl halides is 1. The number of halogens is 1. The average molecular weight is 180 g/mol. The fourth-order valence-electron chi connectivity index (χ4n) is 0.566. The predicted molar refractivity (Wildman–Crippen MR) is 44.3 cm³/mol. The second-order valence-electron chi connectivity index (χ2n) is 3.00. The van der Waals surface area contributed by atoms with E-state index < -0.39 is 5.41 Å². The Labute approximate surface area is 72.2 Å². The number of hydrogen-bond acceptors (Lipinski definition) is 2. The van der Waals surface area contributed by atoms with Gasteiger partial charge in [0, 0.05) is 12.9 Å². The van der Waals surface area contributed by atoms with E-state index in [9.17, 15) is 4.79 Å². The predicted octanol–water partition coefficient (Wildman–Crippen LogP) is 1.27. The summed E-state index contributed by atoms with van der Waals surface area (Å²) in [6.07, 6.45) is 0. The first-order valence-electron chi connectivity index (χ1n) is 3.34. The molecule has 0 aliphatic carbocycles. The van der Waals surface area contributed by atoms with Gasteiger partial charge >= 0.3 is 0 Å². The summed E-state index contributed by atoms with van der Waals surface area (Å²) in [7, 11) is 3.01. The third kappa shape index (κ3) is 2.67. The first kappa shape index (κ1) is 10.7. The van der Waals surface area contributed by atoms with Crippen LogP contribution in [0.5, 0.6) is 0 Å². The van der Waals surface area contributed by atoms with Crippen LogP contribution in [0.3, 0.4) is 0 Å². The van der Waals surface area contributed by atoms with Gasteiger partial charge in [0.2, 0.25) is 0 Å². The summed E-state index contributed by atoms with van der Waals surface area (Å²) in [4.78, 5) is 16.1. The standard InChI is InChI=1S/C7H14ClNO2/c1-7(2,5-8)6(10)9(3)11-4/h5H2,1-4H3. The third-order valence-electron chi connectivity index (χ3n) is 1.47. The van der Waals surface area contributed by atoms with Gasteiger partial charge in [0.1, 0.15) is 0 Å². The molecule has 3 nitrogen and oxygen atoms in total. The third-order valence-corrected chi connectivity index (χ3v) is 2.14. The van der Waals surface area contributed by atoms with E-state index >= 15 is 0 Å². The van der Waals surface area contributed by atoms with E-state index in [0.29, 0.717) is 5.88 Å². The zero-order valence-electron chi connectivity index (χ0n) is 7.35. The van der Waals surface area contributed by atoms with Gasteiger partial charge in [-0.1, -0.05) is 0 Å². The molecule has 11 heavy (non-hydrogen) atoms. The highest BCUT2D eigenvalue weighted by atomic mass is 35.5. The van der Waals surface area contributed by atoms with E-state index in [0.717, 1.165) is 0 Å². The lowest BCUT2D eigenvalue weighted by molar-refractivity contribution is -0.177. The Morgan fingerprint density at radius 1 is 1.64 bits per heavy atom.